The molecule has 0 aliphatic heterocycles. The Morgan fingerprint density at radius 1 is 1.12 bits per heavy atom. The zero-order valence-corrected chi connectivity index (χ0v) is 8.54. The van der Waals surface area contributed by atoms with Gasteiger partial charge in [-0.1, -0.05) is 30.3 Å². The van der Waals surface area contributed by atoms with Crippen molar-refractivity contribution in [2.75, 3.05) is 0 Å². The van der Waals surface area contributed by atoms with Crippen LogP contribution in [0.5, 0.6) is 0 Å². The first-order valence-electron chi connectivity index (χ1n) is 5.04. The second-order valence-electron chi connectivity index (χ2n) is 3.50. The number of rotatable bonds is 2. The van der Waals surface area contributed by atoms with Crippen LogP contribution >= 0.6 is 0 Å². The maximum absolute atomic E-state index is 4.39. The number of aromatic nitrogens is 4. The zero-order valence-electron chi connectivity index (χ0n) is 8.54. The monoisotopic (exact) mass is 209 g/mol. The summed E-state index contributed by atoms with van der Waals surface area (Å²) in [6.07, 6.45) is 5.22. The summed E-state index contributed by atoms with van der Waals surface area (Å²) >= 11 is 0. The smallest absolute Gasteiger partial charge is 0.202 e. The number of nitrogens with zero attached hydrogens (tertiary/aromatic N) is 4. The van der Waals surface area contributed by atoms with Crippen molar-refractivity contribution in [3.63, 3.8) is 0 Å². The quantitative estimate of drug-likeness (QED) is 0.642. The molecule has 3 aromatic rings. The molecule has 0 aliphatic rings. The Balaban J connectivity index is 1.94. The van der Waals surface area contributed by atoms with E-state index in [0.717, 1.165) is 17.9 Å². The predicted molar refractivity (Wildman–Crippen MR) is 58.9 cm³/mol. The van der Waals surface area contributed by atoms with Crippen molar-refractivity contribution in [3.05, 3.63) is 60.3 Å². The fraction of sp³-hybridized carbons (Fsp3) is 0.0833. The lowest BCUT2D eigenvalue weighted by molar-refractivity contribution is 0.839. The molecule has 1 aromatic carbocycles. The minimum absolute atomic E-state index is 0.721. The van der Waals surface area contributed by atoms with Gasteiger partial charge >= 0.3 is 0 Å². The Labute approximate surface area is 92.6 Å². The van der Waals surface area contributed by atoms with Gasteiger partial charge in [0.05, 0.1) is 6.20 Å². The summed E-state index contributed by atoms with van der Waals surface area (Å²) in [7, 11) is 0. The molecule has 0 saturated carbocycles. The number of fused-ring (bicyclic) bond motifs is 1. The van der Waals surface area contributed by atoms with Gasteiger partial charge < -0.3 is 0 Å². The molecule has 77 valence electrons. The zero-order chi connectivity index (χ0) is 10.8. The van der Waals surface area contributed by atoms with E-state index in [1.165, 1.54) is 10.1 Å². The first-order chi connectivity index (χ1) is 7.92. The maximum atomic E-state index is 4.39. The first-order valence-corrected chi connectivity index (χ1v) is 5.04. The molecule has 0 unspecified atom stereocenters. The van der Waals surface area contributed by atoms with Crippen molar-refractivity contribution in [2.45, 2.75) is 6.42 Å². The SMILES string of the molecule is [c]1nc(Cc2ccccc2)nc2ccnn12. The van der Waals surface area contributed by atoms with Gasteiger partial charge in [-0.05, 0) is 5.56 Å². The highest BCUT2D eigenvalue weighted by molar-refractivity contribution is 5.35. The highest BCUT2D eigenvalue weighted by atomic mass is 15.3. The average Bonchev–Trinajstić information content (AvgIpc) is 2.77. The number of hydrogen-bond donors (Lipinski definition) is 0. The Bertz CT molecular complexity index is 600. The molecule has 0 amide bonds. The third kappa shape index (κ3) is 1.65. The molecule has 0 N–H and O–H groups in total. The minimum Gasteiger partial charge on any atom is -0.213 e. The molecule has 2 heterocycles. The summed E-state index contributed by atoms with van der Waals surface area (Å²) in [4.78, 5) is 8.53. The van der Waals surface area contributed by atoms with Crippen LogP contribution in [0.25, 0.3) is 5.65 Å². The largest absolute Gasteiger partial charge is 0.213 e. The van der Waals surface area contributed by atoms with Crippen molar-refractivity contribution in [1.29, 1.82) is 0 Å². The van der Waals surface area contributed by atoms with Crippen molar-refractivity contribution >= 4 is 5.65 Å². The van der Waals surface area contributed by atoms with E-state index < -0.39 is 0 Å². The van der Waals surface area contributed by atoms with Crippen molar-refractivity contribution in [3.8, 4) is 0 Å². The lowest BCUT2D eigenvalue weighted by Crippen LogP contribution is -2.00. The molecule has 16 heavy (non-hydrogen) atoms. The molecular formula is C12H9N4. The van der Waals surface area contributed by atoms with E-state index in [1.807, 2.05) is 24.3 Å². The van der Waals surface area contributed by atoms with E-state index in [2.05, 4.69) is 33.5 Å². The molecule has 0 saturated heterocycles. The van der Waals surface area contributed by atoms with Crippen molar-refractivity contribution in [2.24, 2.45) is 0 Å². The molecule has 2 aromatic heterocycles. The van der Waals surface area contributed by atoms with E-state index in [-0.39, 0.29) is 0 Å². The van der Waals surface area contributed by atoms with Crippen LogP contribution in [0.4, 0.5) is 0 Å². The van der Waals surface area contributed by atoms with Crippen LogP contribution < -0.4 is 0 Å². The van der Waals surface area contributed by atoms with Crippen LogP contribution in [0, 0.1) is 6.33 Å². The molecule has 0 aliphatic carbocycles. The van der Waals surface area contributed by atoms with Crippen LogP contribution in [0.15, 0.2) is 42.6 Å². The molecule has 4 nitrogen and oxygen atoms in total. The van der Waals surface area contributed by atoms with Crippen molar-refractivity contribution < 1.29 is 0 Å². The minimum atomic E-state index is 0.721. The maximum Gasteiger partial charge on any atom is 0.202 e. The topological polar surface area (TPSA) is 43.1 Å². The third-order valence-corrected chi connectivity index (χ3v) is 2.35. The van der Waals surface area contributed by atoms with Gasteiger partial charge in [0.1, 0.15) is 5.82 Å². The van der Waals surface area contributed by atoms with E-state index >= 15 is 0 Å². The fourth-order valence-electron chi connectivity index (χ4n) is 1.58. The van der Waals surface area contributed by atoms with Gasteiger partial charge in [-0.2, -0.15) is 9.61 Å². The van der Waals surface area contributed by atoms with E-state index in [0.29, 0.717) is 0 Å². The highest BCUT2D eigenvalue weighted by Crippen LogP contribution is 2.05. The summed E-state index contributed by atoms with van der Waals surface area (Å²) in [5.41, 5.74) is 1.97. The van der Waals surface area contributed by atoms with E-state index in [1.54, 1.807) is 6.20 Å². The Hall–Kier alpha value is -2.23. The van der Waals surface area contributed by atoms with Crippen molar-refractivity contribution in [1.82, 2.24) is 19.6 Å². The molecule has 1 radical (unpaired) electrons. The molecule has 3 rings (SSSR count). The summed E-state index contributed by atoms with van der Waals surface area (Å²) in [6.45, 7) is 0. The third-order valence-electron chi connectivity index (χ3n) is 2.35. The van der Waals surface area contributed by atoms with Crippen LogP contribution in [0.1, 0.15) is 11.4 Å². The van der Waals surface area contributed by atoms with Gasteiger partial charge in [-0.25, -0.2) is 9.97 Å². The molecule has 0 spiro atoms. The number of hydrogen-bond acceptors (Lipinski definition) is 3. The normalized spacial score (nSPS) is 10.8. The summed E-state index contributed by atoms with van der Waals surface area (Å²) in [5.74, 6) is 0.763. The molecule has 0 bridgehead atoms. The lowest BCUT2D eigenvalue weighted by Gasteiger charge is -1.99. The van der Waals surface area contributed by atoms with Crippen LogP contribution in [0.2, 0.25) is 0 Å². The first kappa shape index (κ1) is 9.03. The molecule has 0 atom stereocenters. The second kappa shape index (κ2) is 3.73. The Kier molecular flexibility index (Phi) is 2.11. The van der Waals surface area contributed by atoms with Gasteiger partial charge in [-0.3, -0.25) is 0 Å². The highest BCUT2D eigenvalue weighted by Gasteiger charge is 2.01. The van der Waals surface area contributed by atoms with E-state index in [4.69, 9.17) is 0 Å². The predicted octanol–water partition coefficient (Wildman–Crippen LogP) is 1.52. The van der Waals surface area contributed by atoms with Gasteiger partial charge in [0, 0.05) is 12.5 Å². The molecule has 4 heteroatoms. The standard InChI is InChI=1S/C12H9N4/c1-2-4-10(5-3-1)8-11-13-9-16-12(15-11)6-7-14-16/h1-7H,8H2. The molecular weight excluding hydrogens is 200 g/mol. The number of benzene rings is 1. The molecule has 0 fully saturated rings. The average molecular weight is 209 g/mol. The van der Waals surface area contributed by atoms with Gasteiger partial charge in [0.2, 0.25) is 6.33 Å². The fourth-order valence-corrected chi connectivity index (χ4v) is 1.58. The second-order valence-corrected chi connectivity index (χ2v) is 3.50. The Morgan fingerprint density at radius 2 is 2.00 bits per heavy atom. The van der Waals surface area contributed by atoms with Crippen LogP contribution in [-0.2, 0) is 6.42 Å². The van der Waals surface area contributed by atoms with Gasteiger partial charge in [-0.15, -0.1) is 0 Å². The van der Waals surface area contributed by atoms with Gasteiger partial charge in [0.15, 0.2) is 5.65 Å². The summed E-state index contributed by atoms with van der Waals surface area (Å²) < 4.78 is 1.54. The lowest BCUT2D eigenvalue weighted by atomic mass is 10.1. The van der Waals surface area contributed by atoms with Crippen LogP contribution in [-0.4, -0.2) is 19.6 Å². The Morgan fingerprint density at radius 3 is 2.88 bits per heavy atom. The van der Waals surface area contributed by atoms with Crippen LogP contribution in [0.3, 0.4) is 0 Å². The summed E-state index contributed by atoms with van der Waals surface area (Å²) in [6, 6.07) is 12.0. The summed E-state index contributed by atoms with van der Waals surface area (Å²) in [5, 5.41) is 4.00. The van der Waals surface area contributed by atoms with E-state index in [9.17, 15) is 0 Å². The van der Waals surface area contributed by atoms with Gasteiger partial charge in [0.25, 0.3) is 0 Å².